The van der Waals surface area contributed by atoms with Crippen molar-refractivity contribution in [3.05, 3.63) is 94.8 Å². The molecule has 0 amide bonds. The fourth-order valence-electron chi connectivity index (χ4n) is 6.64. The van der Waals surface area contributed by atoms with Crippen LogP contribution >= 0.6 is 0 Å². The highest BCUT2D eigenvalue weighted by molar-refractivity contribution is 7.88. The van der Waals surface area contributed by atoms with Gasteiger partial charge in [0.05, 0.1) is 29.4 Å². The number of allylic oxidation sites excluding steroid dienone is 1. The van der Waals surface area contributed by atoms with Crippen molar-refractivity contribution in [3.8, 4) is 22.6 Å². The molecule has 3 N–H and O–H groups in total. The van der Waals surface area contributed by atoms with Crippen molar-refractivity contribution in [2.45, 2.75) is 51.1 Å². The van der Waals surface area contributed by atoms with E-state index in [1.807, 2.05) is 30.7 Å². The molecule has 2 aliphatic rings. The summed E-state index contributed by atoms with van der Waals surface area (Å²) in [5.41, 5.74) is 8.16. The number of hydrogen-bond donors (Lipinski definition) is 3. The summed E-state index contributed by atoms with van der Waals surface area (Å²) in [6.45, 7) is 5.25. The van der Waals surface area contributed by atoms with Crippen molar-refractivity contribution in [2.24, 2.45) is 0 Å². The highest BCUT2D eigenvalue weighted by Gasteiger charge is 2.34. The van der Waals surface area contributed by atoms with Gasteiger partial charge in [-0.25, -0.2) is 17.5 Å². The second-order valence-electron chi connectivity index (χ2n) is 12.5. The minimum Gasteiger partial charge on any atom is -0.353 e. The zero-order valence-corrected chi connectivity index (χ0v) is 26.2. The molecule has 45 heavy (non-hydrogen) atoms. The molecule has 5 heterocycles. The minimum absolute atomic E-state index is 0.0209. The number of hydrogen-bond acceptors (Lipinski definition) is 6. The maximum Gasteiger partial charge on any atom is 0.209 e. The van der Waals surface area contributed by atoms with E-state index in [0.29, 0.717) is 12.0 Å². The fraction of sp³-hybridized carbons (Fsp3) is 0.324. The number of aromatic amines is 2. The van der Waals surface area contributed by atoms with Gasteiger partial charge in [-0.1, -0.05) is 25.5 Å². The number of halogens is 1. The van der Waals surface area contributed by atoms with E-state index in [9.17, 15) is 12.8 Å². The monoisotopic (exact) mass is 625 g/mol. The number of sulfonamides is 1. The summed E-state index contributed by atoms with van der Waals surface area (Å²) in [7, 11) is -3.41. The third kappa shape index (κ3) is 6.07. The van der Waals surface area contributed by atoms with E-state index < -0.39 is 21.3 Å². The zero-order chi connectivity index (χ0) is 31.2. The van der Waals surface area contributed by atoms with Crippen LogP contribution < -0.4 is 4.72 Å². The Balaban J connectivity index is 1.22. The van der Waals surface area contributed by atoms with Crippen LogP contribution in [0.15, 0.2) is 61.1 Å². The lowest BCUT2D eigenvalue weighted by Gasteiger charge is -2.32. The first-order chi connectivity index (χ1) is 21.6. The number of H-pyrrole nitrogens is 2. The lowest BCUT2D eigenvalue weighted by Crippen LogP contribution is -2.29. The summed E-state index contributed by atoms with van der Waals surface area (Å²) in [6.07, 6.45) is 15.3. The molecule has 0 radical (unpaired) electrons. The Morgan fingerprint density at radius 3 is 2.69 bits per heavy atom. The van der Waals surface area contributed by atoms with E-state index in [1.165, 1.54) is 37.0 Å². The summed E-state index contributed by atoms with van der Waals surface area (Å²) in [4.78, 5) is 15.3. The van der Waals surface area contributed by atoms with Crippen LogP contribution in [0, 0.1) is 5.82 Å². The van der Waals surface area contributed by atoms with E-state index in [-0.39, 0.29) is 6.54 Å². The van der Waals surface area contributed by atoms with Gasteiger partial charge in [0.1, 0.15) is 11.5 Å². The molecule has 232 valence electrons. The molecule has 11 heteroatoms. The molecule has 1 unspecified atom stereocenters. The van der Waals surface area contributed by atoms with E-state index >= 15 is 0 Å². The molecule has 0 saturated carbocycles. The van der Waals surface area contributed by atoms with E-state index in [4.69, 9.17) is 4.98 Å². The molecule has 5 aromatic rings. The fourth-order valence-corrected chi connectivity index (χ4v) is 7.07. The largest absolute Gasteiger partial charge is 0.353 e. The Kier molecular flexibility index (Phi) is 7.63. The maximum absolute atomic E-state index is 14.8. The van der Waals surface area contributed by atoms with Crippen molar-refractivity contribution in [3.63, 3.8) is 0 Å². The van der Waals surface area contributed by atoms with Crippen molar-refractivity contribution < 1.29 is 12.8 Å². The van der Waals surface area contributed by atoms with Gasteiger partial charge >= 0.3 is 0 Å². The van der Waals surface area contributed by atoms with Gasteiger partial charge in [-0.15, -0.1) is 0 Å². The standard InChI is InChI=1S/C34H36FN7O2S/c1-34(25-12-22(13-26(35)14-25)18-38-45(2,43)44)8-6-7-29-28(34)16-31(39-29)33-27-15-30(37-20-32(27)40-41-33)24-11-23(17-36-19-24)21-42-9-4-3-5-10-42/h6-7,11-17,19-20,38-39H,3-5,8-10,18,21H2,1-2H3,(H,40,41). The smallest absolute Gasteiger partial charge is 0.209 e. The van der Waals surface area contributed by atoms with Crippen LogP contribution in [0.2, 0.25) is 0 Å². The number of aromatic nitrogens is 5. The summed E-state index contributed by atoms with van der Waals surface area (Å²) >= 11 is 0. The molecule has 1 aliphatic heterocycles. The van der Waals surface area contributed by atoms with Gasteiger partial charge in [-0.3, -0.25) is 20.0 Å². The molecule has 1 saturated heterocycles. The first-order valence-corrected chi connectivity index (χ1v) is 17.2. The number of piperidine rings is 1. The van der Waals surface area contributed by atoms with Gasteiger partial charge in [0.15, 0.2) is 0 Å². The number of rotatable bonds is 8. The summed E-state index contributed by atoms with van der Waals surface area (Å²) in [5.74, 6) is -0.404. The van der Waals surface area contributed by atoms with Crippen molar-refractivity contribution in [1.82, 2.24) is 34.8 Å². The Morgan fingerprint density at radius 1 is 1.02 bits per heavy atom. The molecule has 0 spiro atoms. The number of likely N-dealkylation sites (tertiary alicyclic amines) is 1. The Morgan fingerprint density at radius 2 is 1.87 bits per heavy atom. The van der Waals surface area contributed by atoms with Crippen molar-refractivity contribution in [1.29, 1.82) is 0 Å². The molecule has 1 aliphatic carbocycles. The predicted molar refractivity (Wildman–Crippen MR) is 174 cm³/mol. The molecule has 1 fully saturated rings. The Bertz CT molecular complexity index is 2030. The van der Waals surface area contributed by atoms with Crippen LogP contribution in [0.25, 0.3) is 39.6 Å². The number of nitrogens with zero attached hydrogens (tertiary/aromatic N) is 4. The second-order valence-corrected chi connectivity index (χ2v) is 14.3. The van der Waals surface area contributed by atoms with Crippen LogP contribution in [-0.2, 0) is 28.5 Å². The van der Waals surface area contributed by atoms with Crippen LogP contribution in [0.4, 0.5) is 4.39 Å². The Hall–Kier alpha value is -4.19. The predicted octanol–water partition coefficient (Wildman–Crippen LogP) is 5.91. The maximum atomic E-state index is 14.8. The van der Waals surface area contributed by atoms with Crippen LogP contribution in [-0.4, -0.2) is 57.8 Å². The molecule has 0 bridgehead atoms. The molecule has 4 aromatic heterocycles. The second kappa shape index (κ2) is 11.6. The first-order valence-electron chi connectivity index (χ1n) is 15.3. The molecule has 1 atom stereocenters. The van der Waals surface area contributed by atoms with Gasteiger partial charge in [-0.2, -0.15) is 5.10 Å². The minimum atomic E-state index is -3.41. The van der Waals surface area contributed by atoms with E-state index in [1.54, 1.807) is 0 Å². The Labute approximate surface area is 262 Å². The summed E-state index contributed by atoms with van der Waals surface area (Å²) in [6, 6.07) is 11.1. The van der Waals surface area contributed by atoms with Crippen molar-refractivity contribution >= 4 is 27.0 Å². The SMILES string of the molecule is CC1(c2cc(F)cc(CNS(C)(=O)=O)c2)CC=Cc2[nH]c(-c3n[nH]c4cnc(-c5cncc(CN6CCCCC6)c5)cc34)cc21. The lowest BCUT2D eigenvalue weighted by atomic mass is 9.71. The van der Waals surface area contributed by atoms with Gasteiger partial charge in [0.2, 0.25) is 10.0 Å². The van der Waals surface area contributed by atoms with Gasteiger partial charge in [-0.05, 0) is 91.0 Å². The van der Waals surface area contributed by atoms with Gasteiger partial charge in [0, 0.05) is 47.5 Å². The molecular weight excluding hydrogens is 589 g/mol. The lowest BCUT2D eigenvalue weighted by molar-refractivity contribution is 0.220. The average molecular weight is 626 g/mol. The highest BCUT2D eigenvalue weighted by atomic mass is 32.2. The van der Waals surface area contributed by atoms with Crippen molar-refractivity contribution in [2.75, 3.05) is 19.3 Å². The highest BCUT2D eigenvalue weighted by Crippen LogP contribution is 2.44. The van der Waals surface area contributed by atoms with E-state index in [0.717, 1.165) is 76.3 Å². The third-order valence-electron chi connectivity index (χ3n) is 9.03. The zero-order valence-electron chi connectivity index (χ0n) is 25.4. The molecule has 1 aromatic carbocycles. The molecular formula is C34H36FN7O2S. The molecule has 7 rings (SSSR count). The van der Waals surface area contributed by atoms with Crippen LogP contribution in [0.3, 0.4) is 0 Å². The summed E-state index contributed by atoms with van der Waals surface area (Å²) in [5, 5.41) is 8.73. The topological polar surface area (TPSA) is 120 Å². The number of pyridine rings is 2. The summed E-state index contributed by atoms with van der Waals surface area (Å²) < 4.78 is 40.6. The molecule has 9 nitrogen and oxygen atoms in total. The van der Waals surface area contributed by atoms with Crippen LogP contribution in [0.1, 0.15) is 60.6 Å². The van der Waals surface area contributed by atoms with Gasteiger partial charge < -0.3 is 4.98 Å². The number of nitrogens with one attached hydrogen (secondary N) is 3. The third-order valence-corrected chi connectivity index (χ3v) is 9.70. The van der Waals surface area contributed by atoms with E-state index in [2.05, 4.69) is 61.0 Å². The van der Waals surface area contributed by atoms with Crippen LogP contribution in [0.5, 0.6) is 0 Å². The first kappa shape index (κ1) is 29.5. The number of fused-ring (bicyclic) bond motifs is 2. The normalized spacial score (nSPS) is 18.8. The van der Waals surface area contributed by atoms with Gasteiger partial charge in [0.25, 0.3) is 0 Å². The quantitative estimate of drug-likeness (QED) is 0.197. The number of benzene rings is 1. The average Bonchev–Trinajstić information content (AvgIpc) is 3.65.